The summed E-state index contributed by atoms with van der Waals surface area (Å²) in [7, 11) is 0. The van der Waals surface area contributed by atoms with Gasteiger partial charge in [0.05, 0.1) is 12.0 Å². The van der Waals surface area contributed by atoms with Crippen LogP contribution >= 0.6 is 0 Å². The van der Waals surface area contributed by atoms with Gasteiger partial charge in [0.25, 0.3) is 0 Å². The fourth-order valence-electron chi connectivity index (χ4n) is 1.50. The Labute approximate surface area is 96.2 Å². The Morgan fingerprint density at radius 3 is 2.94 bits per heavy atom. The van der Waals surface area contributed by atoms with E-state index in [0.717, 1.165) is 24.2 Å². The Balaban J connectivity index is 2.08. The largest absolute Gasteiger partial charge is 0.337 e. The number of hydrogen-bond acceptors (Lipinski definition) is 2. The quantitative estimate of drug-likeness (QED) is 0.783. The Morgan fingerprint density at radius 1 is 1.38 bits per heavy atom. The molecule has 0 unspecified atom stereocenters. The van der Waals surface area contributed by atoms with Crippen LogP contribution in [0.25, 0.3) is 11.3 Å². The first kappa shape index (κ1) is 10.9. The minimum Gasteiger partial charge on any atom is -0.337 e. The first-order valence-corrected chi connectivity index (χ1v) is 5.47. The van der Waals surface area contributed by atoms with Crippen LogP contribution in [0.3, 0.4) is 0 Å². The number of hydrogen-bond donors (Lipinski definition) is 0. The van der Waals surface area contributed by atoms with Gasteiger partial charge in [-0.2, -0.15) is 0 Å². The summed E-state index contributed by atoms with van der Waals surface area (Å²) < 4.78 is 2.12. The molecule has 83 valence electrons. The van der Waals surface area contributed by atoms with E-state index in [4.69, 9.17) is 0 Å². The van der Waals surface area contributed by atoms with Crippen LogP contribution in [0.4, 0.5) is 0 Å². The number of pyridine rings is 1. The second-order valence-corrected chi connectivity index (χ2v) is 4.20. The second kappa shape index (κ2) is 4.92. The van der Waals surface area contributed by atoms with Crippen LogP contribution in [0.1, 0.15) is 20.3 Å². The van der Waals surface area contributed by atoms with Gasteiger partial charge in [-0.15, -0.1) is 0 Å². The van der Waals surface area contributed by atoms with Crippen molar-refractivity contribution in [2.45, 2.75) is 26.8 Å². The zero-order valence-electron chi connectivity index (χ0n) is 9.72. The molecule has 0 aliphatic rings. The minimum atomic E-state index is 0.988. The molecule has 3 heteroatoms. The highest BCUT2D eigenvalue weighted by Crippen LogP contribution is 2.15. The van der Waals surface area contributed by atoms with Gasteiger partial charge >= 0.3 is 0 Å². The third kappa shape index (κ3) is 2.69. The molecule has 16 heavy (non-hydrogen) atoms. The number of rotatable bonds is 4. The second-order valence-electron chi connectivity index (χ2n) is 4.20. The van der Waals surface area contributed by atoms with Gasteiger partial charge in [0.15, 0.2) is 0 Å². The van der Waals surface area contributed by atoms with Crippen molar-refractivity contribution < 1.29 is 0 Å². The van der Waals surface area contributed by atoms with Gasteiger partial charge in [0.1, 0.15) is 0 Å². The van der Waals surface area contributed by atoms with Crippen molar-refractivity contribution in [1.82, 2.24) is 14.5 Å². The minimum absolute atomic E-state index is 0.988. The highest BCUT2D eigenvalue weighted by atomic mass is 15.0. The van der Waals surface area contributed by atoms with E-state index in [1.165, 1.54) is 5.92 Å². The molecule has 2 aromatic rings. The van der Waals surface area contributed by atoms with Gasteiger partial charge in [-0.3, -0.25) is 4.98 Å². The predicted molar refractivity (Wildman–Crippen MR) is 64.7 cm³/mol. The fourth-order valence-corrected chi connectivity index (χ4v) is 1.50. The van der Waals surface area contributed by atoms with Gasteiger partial charge in [-0.05, 0) is 24.5 Å². The van der Waals surface area contributed by atoms with Gasteiger partial charge < -0.3 is 4.57 Å². The molecule has 0 aliphatic heterocycles. The molecule has 0 saturated carbocycles. The summed E-state index contributed by atoms with van der Waals surface area (Å²) in [6.07, 6.45) is 8.66. The highest BCUT2D eigenvalue weighted by Gasteiger charge is 2.02. The molecule has 0 spiro atoms. The van der Waals surface area contributed by atoms with E-state index in [2.05, 4.69) is 34.6 Å². The van der Waals surface area contributed by atoms with Crippen molar-refractivity contribution in [3.8, 4) is 11.3 Å². The zero-order chi connectivity index (χ0) is 11.4. The third-order valence-electron chi connectivity index (χ3n) is 2.46. The van der Waals surface area contributed by atoms with Gasteiger partial charge in [-0.25, -0.2) is 4.98 Å². The van der Waals surface area contributed by atoms with Crippen LogP contribution < -0.4 is 0 Å². The first-order valence-electron chi connectivity index (χ1n) is 5.47. The maximum Gasteiger partial charge on any atom is 0.0953 e. The normalized spacial score (nSPS) is 10.9. The number of imidazole rings is 1. The Kier molecular flexibility index (Phi) is 3.34. The maximum atomic E-state index is 4.38. The lowest BCUT2D eigenvalue weighted by Crippen LogP contribution is -1.97. The molecule has 0 bridgehead atoms. The predicted octanol–water partition coefficient (Wildman–Crippen LogP) is 2.95. The Morgan fingerprint density at radius 2 is 2.25 bits per heavy atom. The Hall–Kier alpha value is -1.64. The van der Waals surface area contributed by atoms with E-state index in [1.54, 1.807) is 6.20 Å². The molecular weight excluding hydrogens is 198 g/mol. The summed E-state index contributed by atoms with van der Waals surface area (Å²) in [6.45, 7) is 5.30. The summed E-state index contributed by atoms with van der Waals surface area (Å²) in [5.74, 6) is 1.44. The van der Waals surface area contributed by atoms with Crippen molar-refractivity contribution in [2.24, 2.45) is 0 Å². The molecule has 3 nitrogen and oxygen atoms in total. The molecule has 0 amide bonds. The van der Waals surface area contributed by atoms with Crippen LogP contribution in [0.5, 0.6) is 0 Å². The summed E-state index contributed by atoms with van der Waals surface area (Å²) in [5.41, 5.74) is 2.06. The molecule has 0 aliphatic carbocycles. The molecule has 1 radical (unpaired) electrons. The lowest BCUT2D eigenvalue weighted by atomic mass is 10.1. The number of aryl methyl sites for hydroxylation is 1. The van der Waals surface area contributed by atoms with Crippen LogP contribution in [-0.4, -0.2) is 14.5 Å². The average molecular weight is 214 g/mol. The zero-order valence-corrected chi connectivity index (χ0v) is 9.72. The highest BCUT2D eigenvalue weighted by molar-refractivity contribution is 5.56. The van der Waals surface area contributed by atoms with Crippen molar-refractivity contribution in [1.29, 1.82) is 0 Å². The third-order valence-corrected chi connectivity index (χ3v) is 2.46. The van der Waals surface area contributed by atoms with Crippen molar-refractivity contribution in [2.75, 3.05) is 0 Å². The molecule has 0 saturated heterocycles. The molecular formula is C13H16N3. The van der Waals surface area contributed by atoms with E-state index in [9.17, 15) is 0 Å². The van der Waals surface area contributed by atoms with Crippen molar-refractivity contribution in [3.05, 3.63) is 43.0 Å². The molecule has 0 atom stereocenters. The van der Waals surface area contributed by atoms with Crippen LogP contribution in [0.2, 0.25) is 0 Å². The van der Waals surface area contributed by atoms with Gasteiger partial charge in [0.2, 0.25) is 0 Å². The van der Waals surface area contributed by atoms with Crippen molar-refractivity contribution >= 4 is 0 Å². The molecule has 0 N–H and O–H groups in total. The maximum absolute atomic E-state index is 4.38. The lowest BCUT2D eigenvalue weighted by molar-refractivity contribution is 0.653. The van der Waals surface area contributed by atoms with E-state index in [0.29, 0.717) is 0 Å². The van der Waals surface area contributed by atoms with Gasteiger partial charge in [-0.1, -0.05) is 13.8 Å². The van der Waals surface area contributed by atoms with E-state index < -0.39 is 0 Å². The Bertz CT molecular complexity index is 431. The van der Waals surface area contributed by atoms with E-state index in [-0.39, 0.29) is 0 Å². The first-order chi connectivity index (χ1) is 7.75. The fraction of sp³-hybridized carbons (Fsp3) is 0.308. The van der Waals surface area contributed by atoms with E-state index in [1.807, 2.05) is 24.7 Å². The molecule has 0 fully saturated rings. The topological polar surface area (TPSA) is 30.7 Å². The monoisotopic (exact) mass is 214 g/mol. The summed E-state index contributed by atoms with van der Waals surface area (Å²) in [5, 5.41) is 0. The summed E-state index contributed by atoms with van der Waals surface area (Å²) >= 11 is 0. The summed E-state index contributed by atoms with van der Waals surface area (Å²) in [4.78, 5) is 8.47. The van der Waals surface area contributed by atoms with E-state index >= 15 is 0 Å². The van der Waals surface area contributed by atoms with Crippen molar-refractivity contribution in [3.63, 3.8) is 0 Å². The van der Waals surface area contributed by atoms with Crippen LogP contribution in [0, 0.1) is 5.92 Å². The smallest absolute Gasteiger partial charge is 0.0953 e. The molecule has 2 rings (SSSR count). The summed E-state index contributed by atoms with van der Waals surface area (Å²) in [6, 6.07) is 3.95. The average Bonchev–Trinajstić information content (AvgIpc) is 2.76. The SMILES string of the molecule is C[C](C)CCn1cnc(-c2cccnc2)c1. The number of aromatic nitrogens is 3. The number of nitrogens with zero attached hydrogens (tertiary/aromatic N) is 3. The molecule has 2 heterocycles. The standard InChI is InChI=1S/C13H16N3/c1-11(2)5-7-16-9-13(15-10-16)12-4-3-6-14-8-12/h3-4,6,8-10H,5,7H2,1-2H3. The molecule has 0 aromatic carbocycles. The lowest BCUT2D eigenvalue weighted by Gasteiger charge is -2.03. The van der Waals surface area contributed by atoms with Crippen LogP contribution in [0.15, 0.2) is 37.1 Å². The van der Waals surface area contributed by atoms with Gasteiger partial charge in [0, 0.05) is 30.7 Å². The molecule has 2 aromatic heterocycles. The van der Waals surface area contributed by atoms with Crippen LogP contribution in [-0.2, 0) is 6.54 Å².